The molecular formula is C32H38FN7. The van der Waals surface area contributed by atoms with Crippen molar-refractivity contribution in [1.29, 1.82) is 0 Å². The Balaban J connectivity index is 1.92. The maximum Gasteiger partial charge on any atom is 0.181 e. The van der Waals surface area contributed by atoms with Crippen LogP contribution in [0.1, 0.15) is 37.6 Å². The number of hydrogen-bond acceptors (Lipinski definition) is 6. The van der Waals surface area contributed by atoms with E-state index >= 15 is 0 Å². The molecule has 0 fully saturated rings. The summed E-state index contributed by atoms with van der Waals surface area (Å²) in [6, 6.07) is 6.99. The molecule has 3 N–H and O–H groups in total. The van der Waals surface area contributed by atoms with Gasteiger partial charge in [-0.15, -0.1) is 0 Å². The second kappa shape index (κ2) is 14.0. The number of nitrogens with zero attached hydrogens (tertiary/aromatic N) is 4. The Morgan fingerprint density at radius 1 is 1.15 bits per heavy atom. The van der Waals surface area contributed by atoms with Crippen molar-refractivity contribution in [2.24, 2.45) is 4.99 Å². The molecular weight excluding hydrogens is 501 g/mol. The average Bonchev–Trinajstić information content (AvgIpc) is 3.35. The molecule has 0 unspecified atom stereocenters. The van der Waals surface area contributed by atoms with Gasteiger partial charge in [-0.3, -0.25) is 10.1 Å². The van der Waals surface area contributed by atoms with Crippen LogP contribution in [0.2, 0.25) is 0 Å². The predicted molar refractivity (Wildman–Crippen MR) is 168 cm³/mol. The molecule has 0 radical (unpaired) electrons. The lowest BCUT2D eigenvalue weighted by Gasteiger charge is -2.17. The molecule has 0 bridgehead atoms. The molecule has 0 aliphatic heterocycles. The van der Waals surface area contributed by atoms with E-state index in [0.717, 1.165) is 56.9 Å². The van der Waals surface area contributed by atoms with Crippen LogP contribution in [0.25, 0.3) is 27.9 Å². The van der Waals surface area contributed by atoms with Crippen LogP contribution in [-0.4, -0.2) is 53.5 Å². The highest BCUT2D eigenvalue weighted by Gasteiger charge is 2.14. The Morgan fingerprint density at radius 2 is 1.93 bits per heavy atom. The molecule has 0 saturated carbocycles. The largest absolute Gasteiger partial charge is 0.384 e. The second-order valence-electron chi connectivity index (χ2n) is 9.53. The Bertz CT molecular complexity index is 1520. The van der Waals surface area contributed by atoms with E-state index in [0.29, 0.717) is 17.9 Å². The summed E-state index contributed by atoms with van der Waals surface area (Å²) in [5.74, 6) is -0.312. The Hall–Kier alpha value is -4.56. The van der Waals surface area contributed by atoms with Crippen LogP contribution in [0.3, 0.4) is 0 Å². The van der Waals surface area contributed by atoms with E-state index in [2.05, 4.69) is 55.4 Å². The summed E-state index contributed by atoms with van der Waals surface area (Å²) in [6.07, 6.45) is 10.5. The zero-order valence-corrected chi connectivity index (χ0v) is 24.0. The molecule has 7 nitrogen and oxygen atoms in total. The van der Waals surface area contributed by atoms with E-state index in [1.165, 1.54) is 18.3 Å². The first-order chi connectivity index (χ1) is 19.2. The van der Waals surface area contributed by atoms with Crippen LogP contribution < -0.4 is 10.6 Å². The van der Waals surface area contributed by atoms with Gasteiger partial charge < -0.3 is 15.5 Å². The fraction of sp³-hybridized carbons (Fsp3) is 0.219. The van der Waals surface area contributed by atoms with Gasteiger partial charge >= 0.3 is 0 Å². The number of aromatic nitrogens is 3. The van der Waals surface area contributed by atoms with Crippen molar-refractivity contribution < 1.29 is 4.39 Å². The fourth-order valence-electron chi connectivity index (χ4n) is 4.15. The molecule has 0 aliphatic rings. The smallest absolute Gasteiger partial charge is 0.181 e. The number of H-pyrrole nitrogens is 1. The minimum Gasteiger partial charge on any atom is -0.384 e. The molecule has 208 valence electrons. The highest BCUT2D eigenvalue weighted by molar-refractivity contribution is 6.10. The molecule has 0 atom stereocenters. The first-order valence-electron chi connectivity index (χ1n) is 13.0. The Labute approximate surface area is 236 Å². The molecule has 0 saturated heterocycles. The summed E-state index contributed by atoms with van der Waals surface area (Å²) in [4.78, 5) is 10.7. The highest BCUT2D eigenvalue weighted by atomic mass is 19.1. The molecule has 0 aliphatic carbocycles. The molecule has 3 rings (SSSR count). The van der Waals surface area contributed by atoms with E-state index in [-0.39, 0.29) is 5.82 Å². The van der Waals surface area contributed by atoms with Crippen molar-refractivity contribution >= 4 is 39.8 Å². The predicted octanol–water partition coefficient (Wildman–Crippen LogP) is 6.81. The van der Waals surface area contributed by atoms with E-state index in [1.807, 2.05) is 59.2 Å². The van der Waals surface area contributed by atoms with Gasteiger partial charge in [-0.05, 0) is 81.4 Å². The molecule has 0 amide bonds. The zero-order chi connectivity index (χ0) is 29.2. The van der Waals surface area contributed by atoms with Gasteiger partial charge in [0.05, 0.1) is 11.4 Å². The van der Waals surface area contributed by atoms with Crippen LogP contribution in [0.5, 0.6) is 0 Å². The van der Waals surface area contributed by atoms with Crippen molar-refractivity contribution in [2.45, 2.75) is 20.8 Å². The number of fused-ring (bicyclic) bond motifs is 1. The number of hydrogen-bond donors (Lipinski definition) is 3. The van der Waals surface area contributed by atoms with Gasteiger partial charge in [0.2, 0.25) is 0 Å². The number of likely N-dealkylation sites (N-methyl/N-ethyl adjacent to an activating group) is 1. The van der Waals surface area contributed by atoms with Crippen LogP contribution in [-0.2, 0) is 0 Å². The van der Waals surface area contributed by atoms with Crippen LogP contribution in [0, 0.1) is 5.82 Å². The van der Waals surface area contributed by atoms with Crippen LogP contribution in [0.15, 0.2) is 90.9 Å². The van der Waals surface area contributed by atoms with Gasteiger partial charge in [0, 0.05) is 54.0 Å². The number of anilines is 1. The van der Waals surface area contributed by atoms with Gasteiger partial charge in [0.25, 0.3) is 0 Å². The molecule has 40 heavy (non-hydrogen) atoms. The fourth-order valence-corrected chi connectivity index (χ4v) is 4.15. The third-order valence-electron chi connectivity index (χ3n) is 6.36. The number of aromatic amines is 1. The normalized spacial score (nSPS) is 13.1. The average molecular weight is 540 g/mol. The van der Waals surface area contributed by atoms with Crippen molar-refractivity contribution in [1.82, 2.24) is 25.4 Å². The molecule has 1 aromatic carbocycles. The van der Waals surface area contributed by atoms with Gasteiger partial charge in [-0.25, -0.2) is 9.37 Å². The Kier molecular flexibility index (Phi) is 10.5. The molecule has 2 heterocycles. The number of pyridine rings is 1. The molecule has 3 aromatic rings. The maximum atomic E-state index is 14.6. The van der Waals surface area contributed by atoms with Crippen molar-refractivity contribution in [2.75, 3.05) is 32.5 Å². The number of benzene rings is 1. The Morgan fingerprint density at radius 3 is 2.60 bits per heavy atom. The lowest BCUT2D eigenvalue weighted by Crippen LogP contribution is -2.20. The highest BCUT2D eigenvalue weighted by Crippen LogP contribution is 2.29. The van der Waals surface area contributed by atoms with Crippen molar-refractivity contribution in [3.63, 3.8) is 0 Å². The number of halogens is 1. The molecule has 2 aromatic heterocycles. The summed E-state index contributed by atoms with van der Waals surface area (Å²) < 4.78 is 14.6. The summed E-state index contributed by atoms with van der Waals surface area (Å²) in [5, 5.41) is 14.9. The minimum atomic E-state index is -0.312. The molecule has 8 heteroatoms. The van der Waals surface area contributed by atoms with Gasteiger partial charge in [0.15, 0.2) is 5.65 Å². The summed E-state index contributed by atoms with van der Waals surface area (Å²) in [6.45, 7) is 19.2. The third-order valence-corrected chi connectivity index (χ3v) is 6.36. The van der Waals surface area contributed by atoms with E-state index in [9.17, 15) is 4.39 Å². The first kappa shape index (κ1) is 30.0. The number of rotatable bonds is 13. The quantitative estimate of drug-likeness (QED) is 0.164. The van der Waals surface area contributed by atoms with Crippen LogP contribution >= 0.6 is 0 Å². The summed E-state index contributed by atoms with van der Waals surface area (Å²) >= 11 is 0. The lowest BCUT2D eigenvalue weighted by molar-refractivity contribution is 0.425. The third kappa shape index (κ3) is 7.51. The monoisotopic (exact) mass is 539 g/mol. The lowest BCUT2D eigenvalue weighted by atomic mass is 9.96. The van der Waals surface area contributed by atoms with Gasteiger partial charge in [0.1, 0.15) is 5.82 Å². The van der Waals surface area contributed by atoms with E-state index in [4.69, 9.17) is 0 Å². The maximum absolute atomic E-state index is 14.6. The minimum absolute atomic E-state index is 0.312. The van der Waals surface area contributed by atoms with Crippen molar-refractivity contribution in [3.8, 4) is 0 Å². The summed E-state index contributed by atoms with van der Waals surface area (Å²) in [5.41, 5.74) is 7.84. The van der Waals surface area contributed by atoms with Crippen molar-refractivity contribution in [3.05, 3.63) is 109 Å². The first-order valence-corrected chi connectivity index (χ1v) is 13.0. The van der Waals surface area contributed by atoms with Gasteiger partial charge in [-0.2, -0.15) is 5.10 Å². The number of nitrogens with one attached hydrogen (secondary N) is 3. The molecule has 0 spiro atoms. The number of aliphatic imine (C=N–C) groups is 1. The van der Waals surface area contributed by atoms with E-state index < -0.39 is 0 Å². The second-order valence-corrected chi connectivity index (χ2v) is 9.53. The standard InChI is InChI=1S/C32H38FN7/c1-9-12-29(25-15-27(33)18-28(16-25)35-13-14-40(7)8)21(4)22(5)37-23(6)31-30-17-26(20-36-32(30)39-38-31)24(10-2)19-34-11-3/h9-12,15-20,35,37H,1,3,6,13-14H2,2,4-5,7-8H3,(H,36,38,39)/b22-21+,24-10+,29-12+,34-19?. The van der Waals surface area contributed by atoms with E-state index in [1.54, 1.807) is 18.5 Å². The number of allylic oxidation sites excluding steroid dienone is 7. The summed E-state index contributed by atoms with van der Waals surface area (Å²) in [7, 11) is 4.00. The zero-order valence-electron chi connectivity index (χ0n) is 24.0. The SMILES string of the molecule is C=C/C=C(\C(C)=C(/C)NC(=C)c1[nH]nc2ncc(/C(C=NC=C)=C/C)cc12)c1cc(F)cc(NCCN(C)C)c1. The van der Waals surface area contributed by atoms with Gasteiger partial charge in [-0.1, -0.05) is 38.0 Å². The topological polar surface area (TPSA) is 81.2 Å². The van der Waals surface area contributed by atoms with Crippen LogP contribution in [0.4, 0.5) is 10.1 Å².